The summed E-state index contributed by atoms with van der Waals surface area (Å²) in [5.41, 5.74) is 2.99. The molecule has 1 atom stereocenters. The highest BCUT2D eigenvalue weighted by molar-refractivity contribution is 6.12. The van der Waals surface area contributed by atoms with E-state index in [0.717, 1.165) is 42.7 Å². The van der Waals surface area contributed by atoms with Crippen molar-refractivity contribution in [3.63, 3.8) is 0 Å². The van der Waals surface area contributed by atoms with Crippen molar-refractivity contribution < 1.29 is 14.2 Å². The minimum Gasteiger partial charge on any atom is -0.493 e. The van der Waals surface area contributed by atoms with Crippen LogP contribution in [0, 0.1) is 5.92 Å². The third-order valence-corrected chi connectivity index (χ3v) is 7.55. The van der Waals surface area contributed by atoms with Crippen LogP contribution in [0.2, 0.25) is 0 Å². The maximum Gasteiger partial charge on any atom is 0.161 e. The molecule has 3 aromatic rings. The van der Waals surface area contributed by atoms with E-state index in [1.807, 2.05) is 0 Å². The molecule has 6 rings (SSSR count). The van der Waals surface area contributed by atoms with Gasteiger partial charge in [0.15, 0.2) is 11.5 Å². The number of benzene rings is 3. The van der Waals surface area contributed by atoms with Gasteiger partial charge in [-0.3, -0.25) is 4.90 Å². The lowest BCUT2D eigenvalue weighted by atomic mass is 9.82. The van der Waals surface area contributed by atoms with Crippen LogP contribution in [0.5, 0.6) is 17.2 Å². The van der Waals surface area contributed by atoms with E-state index >= 15 is 0 Å². The lowest BCUT2D eigenvalue weighted by Gasteiger charge is -2.41. The third-order valence-electron chi connectivity index (χ3n) is 7.55. The van der Waals surface area contributed by atoms with Crippen molar-refractivity contribution >= 4 is 21.5 Å². The van der Waals surface area contributed by atoms with Gasteiger partial charge in [0.1, 0.15) is 5.75 Å². The van der Waals surface area contributed by atoms with Crippen LogP contribution in [0.4, 0.5) is 0 Å². The summed E-state index contributed by atoms with van der Waals surface area (Å²) in [5.74, 6) is 3.32. The van der Waals surface area contributed by atoms with Gasteiger partial charge in [-0.15, -0.1) is 0 Å². The summed E-state index contributed by atoms with van der Waals surface area (Å²) >= 11 is 0. The summed E-state index contributed by atoms with van der Waals surface area (Å²) in [6, 6.07) is 11.7. The molecule has 1 unspecified atom stereocenters. The largest absolute Gasteiger partial charge is 0.493 e. The molecule has 162 valence electrons. The molecule has 2 fully saturated rings. The molecular formula is C27H31NO3. The molecule has 0 N–H and O–H groups in total. The van der Waals surface area contributed by atoms with Crippen molar-refractivity contribution in [3.8, 4) is 17.2 Å². The van der Waals surface area contributed by atoms with Crippen LogP contribution in [0.25, 0.3) is 21.5 Å². The van der Waals surface area contributed by atoms with Gasteiger partial charge in [-0.2, -0.15) is 0 Å². The van der Waals surface area contributed by atoms with E-state index in [-0.39, 0.29) is 0 Å². The van der Waals surface area contributed by atoms with Gasteiger partial charge >= 0.3 is 0 Å². The molecule has 1 saturated carbocycles. The fourth-order valence-corrected chi connectivity index (χ4v) is 5.63. The van der Waals surface area contributed by atoms with E-state index in [1.165, 1.54) is 71.3 Å². The number of hydrogen-bond donors (Lipinski definition) is 0. The highest BCUT2D eigenvalue weighted by atomic mass is 16.5. The third kappa shape index (κ3) is 3.32. The molecule has 1 saturated heterocycles. The second-order valence-corrected chi connectivity index (χ2v) is 9.50. The SMILES string of the molecule is COc1cc2c3c(c4ccc(OCC5CC5)cc4c2cc1OC)CN1CCCCC1C3. The number of ether oxygens (including phenoxy) is 3. The molecule has 31 heavy (non-hydrogen) atoms. The summed E-state index contributed by atoms with van der Waals surface area (Å²) in [4.78, 5) is 2.70. The van der Waals surface area contributed by atoms with Crippen molar-refractivity contribution in [2.24, 2.45) is 5.92 Å². The number of hydrogen-bond acceptors (Lipinski definition) is 4. The second kappa shape index (κ2) is 7.59. The zero-order valence-corrected chi connectivity index (χ0v) is 18.6. The lowest BCUT2D eigenvalue weighted by Crippen LogP contribution is -2.43. The molecular weight excluding hydrogens is 386 g/mol. The van der Waals surface area contributed by atoms with Crippen molar-refractivity contribution in [1.29, 1.82) is 0 Å². The van der Waals surface area contributed by atoms with Crippen LogP contribution in [0.1, 0.15) is 43.2 Å². The van der Waals surface area contributed by atoms with Crippen LogP contribution in [-0.2, 0) is 13.0 Å². The van der Waals surface area contributed by atoms with Crippen LogP contribution in [0.15, 0.2) is 30.3 Å². The van der Waals surface area contributed by atoms with Crippen molar-refractivity contribution in [2.75, 3.05) is 27.4 Å². The summed E-state index contributed by atoms with van der Waals surface area (Å²) < 4.78 is 17.5. The standard InChI is InChI=1S/C27H31NO3/c1-29-26-13-23-21-11-18-5-3-4-10-28(18)15-25(21)20-9-8-19(31-16-17-6-7-17)12-22(20)24(23)14-27(26)30-2/h8-9,12-14,17-18H,3-7,10-11,15-16H2,1-2H3. The first-order valence-corrected chi connectivity index (χ1v) is 11.7. The van der Waals surface area contributed by atoms with Gasteiger partial charge in [0.2, 0.25) is 0 Å². The van der Waals surface area contributed by atoms with Crippen molar-refractivity contribution in [2.45, 2.75) is 51.1 Å². The predicted octanol–water partition coefficient (Wildman–Crippen LogP) is 5.71. The molecule has 0 spiro atoms. The molecule has 0 bridgehead atoms. The maximum atomic E-state index is 6.15. The van der Waals surface area contributed by atoms with Crippen molar-refractivity contribution in [3.05, 3.63) is 41.5 Å². The molecule has 3 aromatic carbocycles. The van der Waals surface area contributed by atoms with E-state index < -0.39 is 0 Å². The Bertz CT molecular complexity index is 1150. The first-order valence-electron chi connectivity index (χ1n) is 11.7. The van der Waals surface area contributed by atoms with E-state index in [9.17, 15) is 0 Å². The highest BCUT2D eigenvalue weighted by Crippen LogP contribution is 2.44. The maximum absolute atomic E-state index is 6.15. The molecule has 2 heterocycles. The quantitative estimate of drug-likeness (QED) is 0.498. The molecule has 4 nitrogen and oxygen atoms in total. The number of fused-ring (bicyclic) bond motifs is 7. The Morgan fingerprint density at radius 1 is 0.839 bits per heavy atom. The molecule has 4 heteroatoms. The predicted molar refractivity (Wildman–Crippen MR) is 125 cm³/mol. The first-order chi connectivity index (χ1) is 15.2. The zero-order valence-electron chi connectivity index (χ0n) is 18.6. The van der Waals surface area contributed by atoms with Crippen LogP contribution < -0.4 is 14.2 Å². The monoisotopic (exact) mass is 417 g/mol. The van der Waals surface area contributed by atoms with E-state index in [4.69, 9.17) is 14.2 Å². The Hall–Kier alpha value is -2.46. The van der Waals surface area contributed by atoms with Crippen LogP contribution >= 0.6 is 0 Å². The number of piperidine rings is 1. The zero-order chi connectivity index (χ0) is 20.9. The summed E-state index contributed by atoms with van der Waals surface area (Å²) in [6.45, 7) is 3.10. The molecule has 1 aliphatic carbocycles. The fourth-order valence-electron chi connectivity index (χ4n) is 5.63. The Balaban J connectivity index is 1.57. The molecule has 0 radical (unpaired) electrons. The number of nitrogens with zero attached hydrogens (tertiary/aromatic N) is 1. The van der Waals surface area contributed by atoms with Crippen molar-refractivity contribution in [1.82, 2.24) is 4.90 Å². The van der Waals surface area contributed by atoms with E-state index in [0.29, 0.717) is 6.04 Å². The minimum absolute atomic E-state index is 0.663. The number of methoxy groups -OCH3 is 2. The molecule has 3 aliphatic rings. The van der Waals surface area contributed by atoms with Gasteiger partial charge in [0, 0.05) is 12.6 Å². The Morgan fingerprint density at radius 3 is 2.39 bits per heavy atom. The number of rotatable bonds is 5. The molecule has 2 aliphatic heterocycles. The fraction of sp³-hybridized carbons (Fsp3) is 0.481. The average Bonchev–Trinajstić information content (AvgIpc) is 3.65. The Morgan fingerprint density at radius 2 is 1.61 bits per heavy atom. The van der Waals surface area contributed by atoms with Gasteiger partial charge in [-0.05, 0) is 102 Å². The average molecular weight is 418 g/mol. The summed E-state index contributed by atoms with van der Waals surface area (Å²) in [6.07, 6.45) is 7.70. The van der Waals surface area contributed by atoms with Crippen LogP contribution in [-0.4, -0.2) is 38.3 Å². The highest BCUT2D eigenvalue weighted by Gasteiger charge is 2.31. The Labute approximate surface area is 184 Å². The van der Waals surface area contributed by atoms with Gasteiger partial charge in [-0.1, -0.05) is 12.5 Å². The van der Waals surface area contributed by atoms with Crippen LogP contribution in [0.3, 0.4) is 0 Å². The van der Waals surface area contributed by atoms with Gasteiger partial charge in [0.25, 0.3) is 0 Å². The Kier molecular flexibility index (Phi) is 4.71. The second-order valence-electron chi connectivity index (χ2n) is 9.50. The topological polar surface area (TPSA) is 30.9 Å². The van der Waals surface area contributed by atoms with Gasteiger partial charge < -0.3 is 14.2 Å². The molecule has 0 aromatic heterocycles. The summed E-state index contributed by atoms with van der Waals surface area (Å²) in [7, 11) is 3.44. The first kappa shape index (κ1) is 19.2. The summed E-state index contributed by atoms with van der Waals surface area (Å²) in [5, 5.41) is 5.17. The minimum atomic E-state index is 0.663. The van der Waals surface area contributed by atoms with E-state index in [1.54, 1.807) is 14.2 Å². The van der Waals surface area contributed by atoms with Gasteiger partial charge in [-0.25, -0.2) is 0 Å². The lowest BCUT2D eigenvalue weighted by molar-refractivity contribution is 0.128. The van der Waals surface area contributed by atoms with E-state index in [2.05, 4.69) is 35.2 Å². The normalized spacial score (nSPS) is 21.0. The van der Waals surface area contributed by atoms with Gasteiger partial charge in [0.05, 0.1) is 20.8 Å². The molecule has 0 amide bonds. The smallest absolute Gasteiger partial charge is 0.161 e.